The molecular weight excluding hydrogens is 214 g/mol. The topological polar surface area (TPSA) is 49.3 Å². The number of carboxylic acids is 1. The number of aromatic carboxylic acids is 1. The summed E-state index contributed by atoms with van der Waals surface area (Å²) in [6.07, 6.45) is 0. The lowest BCUT2D eigenvalue weighted by atomic mass is 10.2. The molecule has 0 saturated carbocycles. The van der Waals surface area contributed by atoms with Crippen LogP contribution in [-0.2, 0) is 0 Å². The maximum Gasteiger partial charge on any atom is 0.339 e. The Balaban J connectivity index is 2.99. The fourth-order valence-electron chi connectivity index (χ4n) is 1.12. The molecule has 0 heterocycles. The van der Waals surface area contributed by atoms with E-state index in [1.54, 1.807) is 25.1 Å². The van der Waals surface area contributed by atoms with Gasteiger partial charge in [0.2, 0.25) is 0 Å². The van der Waals surface area contributed by atoms with Crippen LogP contribution in [0.4, 0.5) is 5.69 Å². The maximum absolute atomic E-state index is 10.9. The number of carbonyl (C=O) groups is 1. The van der Waals surface area contributed by atoms with Crippen molar-refractivity contribution in [1.82, 2.24) is 0 Å². The van der Waals surface area contributed by atoms with Gasteiger partial charge in [-0.25, -0.2) is 4.79 Å². The summed E-state index contributed by atoms with van der Waals surface area (Å²) >= 11 is 5.78. The average Bonchev–Trinajstić information content (AvgIpc) is 2.17. The lowest BCUT2D eigenvalue weighted by Gasteiger charge is -2.07. The third kappa shape index (κ3) is 2.90. The number of anilines is 1. The molecule has 3 nitrogen and oxygen atoms in total. The van der Waals surface area contributed by atoms with Gasteiger partial charge in [-0.3, -0.25) is 0 Å². The first-order chi connectivity index (χ1) is 7.16. The van der Waals surface area contributed by atoms with Gasteiger partial charge in [-0.2, -0.15) is 0 Å². The van der Waals surface area contributed by atoms with Crippen LogP contribution in [0.2, 0.25) is 5.02 Å². The van der Waals surface area contributed by atoms with E-state index in [9.17, 15) is 4.79 Å². The van der Waals surface area contributed by atoms with Gasteiger partial charge in [0, 0.05) is 0 Å². The summed E-state index contributed by atoms with van der Waals surface area (Å²) in [4.78, 5) is 10.9. The smallest absolute Gasteiger partial charge is 0.339 e. The van der Waals surface area contributed by atoms with Crippen LogP contribution < -0.4 is 5.32 Å². The second-order valence-electron chi connectivity index (χ2n) is 2.75. The Kier molecular flexibility index (Phi) is 4.02. The van der Waals surface area contributed by atoms with E-state index in [0.717, 1.165) is 0 Å². The van der Waals surface area contributed by atoms with Gasteiger partial charge in [-0.05, 0) is 19.1 Å². The Hall–Kier alpha value is -1.66. The Morgan fingerprint density at radius 1 is 1.60 bits per heavy atom. The number of hydrogen-bond donors (Lipinski definition) is 2. The molecular formula is C11H10ClNO2. The van der Waals surface area contributed by atoms with Crippen LogP contribution in [0.25, 0.3) is 0 Å². The second kappa shape index (κ2) is 5.28. The normalized spacial score (nSPS) is 8.93. The fraction of sp³-hybridized carbons (Fsp3) is 0.182. The molecule has 78 valence electrons. The van der Waals surface area contributed by atoms with Crippen molar-refractivity contribution >= 4 is 23.3 Å². The van der Waals surface area contributed by atoms with Crippen LogP contribution in [-0.4, -0.2) is 17.6 Å². The zero-order valence-corrected chi connectivity index (χ0v) is 8.93. The third-order valence-electron chi connectivity index (χ3n) is 1.77. The molecule has 4 heteroatoms. The van der Waals surface area contributed by atoms with Gasteiger partial charge >= 0.3 is 5.97 Å². The minimum absolute atomic E-state index is 0.0806. The third-order valence-corrected chi connectivity index (χ3v) is 2.09. The van der Waals surface area contributed by atoms with Crippen molar-refractivity contribution in [1.29, 1.82) is 0 Å². The Morgan fingerprint density at radius 2 is 2.33 bits per heavy atom. The van der Waals surface area contributed by atoms with Crippen LogP contribution in [0.5, 0.6) is 0 Å². The standard InChI is InChI=1S/C11H10ClNO2/c1-2-3-7-13-9-6-4-5-8(12)10(9)11(14)15/h4-6,13H,7H2,1H3,(H,14,15). The highest BCUT2D eigenvalue weighted by Gasteiger charge is 2.13. The highest BCUT2D eigenvalue weighted by atomic mass is 35.5. The van der Waals surface area contributed by atoms with Crippen LogP contribution in [0.3, 0.4) is 0 Å². The molecule has 15 heavy (non-hydrogen) atoms. The molecule has 0 bridgehead atoms. The van der Waals surface area contributed by atoms with Crippen LogP contribution in [0.15, 0.2) is 18.2 Å². The number of nitrogens with one attached hydrogen (secondary N) is 1. The first-order valence-electron chi connectivity index (χ1n) is 4.32. The molecule has 0 aliphatic rings. The average molecular weight is 224 g/mol. The lowest BCUT2D eigenvalue weighted by molar-refractivity contribution is 0.0698. The molecule has 1 aromatic rings. The predicted molar refractivity (Wildman–Crippen MR) is 60.4 cm³/mol. The molecule has 0 amide bonds. The highest BCUT2D eigenvalue weighted by Crippen LogP contribution is 2.23. The molecule has 0 fully saturated rings. The summed E-state index contributed by atoms with van der Waals surface area (Å²) in [5.74, 6) is 4.44. The molecule has 0 unspecified atom stereocenters. The van der Waals surface area contributed by atoms with E-state index >= 15 is 0 Å². The van der Waals surface area contributed by atoms with Gasteiger partial charge in [0.1, 0.15) is 5.56 Å². The van der Waals surface area contributed by atoms with E-state index < -0.39 is 5.97 Å². The zero-order chi connectivity index (χ0) is 11.3. The lowest BCUT2D eigenvalue weighted by Crippen LogP contribution is -2.07. The quantitative estimate of drug-likeness (QED) is 0.774. The van der Waals surface area contributed by atoms with Crippen molar-refractivity contribution in [3.05, 3.63) is 28.8 Å². The summed E-state index contributed by atoms with van der Waals surface area (Å²) in [6.45, 7) is 2.12. The van der Waals surface area contributed by atoms with Crippen molar-refractivity contribution < 1.29 is 9.90 Å². The van der Waals surface area contributed by atoms with E-state index in [0.29, 0.717) is 12.2 Å². The van der Waals surface area contributed by atoms with Gasteiger partial charge in [0.05, 0.1) is 17.3 Å². The molecule has 0 atom stereocenters. The Labute approximate surface area is 93.1 Å². The molecule has 0 radical (unpaired) electrons. The first kappa shape index (κ1) is 11.4. The highest BCUT2D eigenvalue weighted by molar-refractivity contribution is 6.34. The van der Waals surface area contributed by atoms with Crippen molar-refractivity contribution in [2.24, 2.45) is 0 Å². The van der Waals surface area contributed by atoms with Crippen LogP contribution in [0.1, 0.15) is 17.3 Å². The van der Waals surface area contributed by atoms with Gasteiger partial charge in [-0.1, -0.05) is 23.6 Å². The van der Waals surface area contributed by atoms with Crippen molar-refractivity contribution in [3.8, 4) is 11.8 Å². The molecule has 0 spiro atoms. The molecule has 1 rings (SSSR count). The van der Waals surface area contributed by atoms with E-state index in [-0.39, 0.29) is 10.6 Å². The van der Waals surface area contributed by atoms with Crippen molar-refractivity contribution in [2.45, 2.75) is 6.92 Å². The number of carboxylic acid groups (broad SMARTS) is 1. The maximum atomic E-state index is 10.9. The van der Waals surface area contributed by atoms with Gasteiger partial charge in [0.15, 0.2) is 0 Å². The summed E-state index contributed by atoms with van der Waals surface area (Å²) in [5.41, 5.74) is 0.565. The molecule has 0 aliphatic heterocycles. The van der Waals surface area contributed by atoms with E-state index in [1.165, 1.54) is 0 Å². The monoisotopic (exact) mass is 223 g/mol. The predicted octanol–water partition coefficient (Wildman–Crippen LogP) is 2.47. The summed E-state index contributed by atoms with van der Waals surface area (Å²) in [5, 5.41) is 12.1. The second-order valence-corrected chi connectivity index (χ2v) is 3.16. The molecule has 0 saturated heterocycles. The van der Waals surface area contributed by atoms with Gasteiger partial charge < -0.3 is 10.4 Å². The van der Waals surface area contributed by atoms with Crippen molar-refractivity contribution in [2.75, 3.05) is 11.9 Å². The largest absolute Gasteiger partial charge is 0.478 e. The number of halogens is 1. The zero-order valence-electron chi connectivity index (χ0n) is 8.17. The summed E-state index contributed by atoms with van der Waals surface area (Å²) in [7, 11) is 0. The SMILES string of the molecule is CC#CCNc1cccc(Cl)c1C(=O)O. The number of hydrogen-bond acceptors (Lipinski definition) is 2. The van der Waals surface area contributed by atoms with E-state index in [1.807, 2.05) is 0 Å². The van der Waals surface area contributed by atoms with E-state index in [4.69, 9.17) is 16.7 Å². The molecule has 0 aliphatic carbocycles. The molecule has 1 aromatic carbocycles. The van der Waals surface area contributed by atoms with Crippen LogP contribution in [0, 0.1) is 11.8 Å². The minimum Gasteiger partial charge on any atom is -0.478 e. The Bertz CT molecular complexity index is 432. The van der Waals surface area contributed by atoms with Gasteiger partial charge in [0.25, 0.3) is 0 Å². The minimum atomic E-state index is -1.05. The Morgan fingerprint density at radius 3 is 2.93 bits per heavy atom. The van der Waals surface area contributed by atoms with Crippen LogP contribution >= 0.6 is 11.6 Å². The number of rotatable bonds is 3. The number of benzene rings is 1. The van der Waals surface area contributed by atoms with E-state index in [2.05, 4.69) is 17.2 Å². The van der Waals surface area contributed by atoms with Crippen molar-refractivity contribution in [3.63, 3.8) is 0 Å². The molecule has 0 aromatic heterocycles. The fourth-order valence-corrected chi connectivity index (χ4v) is 1.37. The summed E-state index contributed by atoms with van der Waals surface area (Å²) in [6, 6.07) is 4.89. The molecule has 2 N–H and O–H groups in total. The van der Waals surface area contributed by atoms with Gasteiger partial charge in [-0.15, -0.1) is 5.92 Å². The first-order valence-corrected chi connectivity index (χ1v) is 4.70. The summed E-state index contributed by atoms with van der Waals surface area (Å²) < 4.78 is 0.